The first-order chi connectivity index (χ1) is 9.99. The highest BCUT2D eigenvalue weighted by Gasteiger charge is 2.22. The van der Waals surface area contributed by atoms with Crippen LogP contribution in [0, 0.1) is 18.6 Å². The average Bonchev–Trinajstić information content (AvgIpc) is 2.90. The van der Waals surface area contributed by atoms with Crippen molar-refractivity contribution in [3.8, 4) is 0 Å². The van der Waals surface area contributed by atoms with Gasteiger partial charge in [0.25, 0.3) is 0 Å². The fourth-order valence-corrected chi connectivity index (χ4v) is 2.81. The molecule has 0 fully saturated rings. The standard InChI is InChI=1S/C16H11BrF2O2/c1-8-3-2-4-9-7-12(21-16(8)9)15(20)10-5-6-11(18)14(19)13(10)17/h2-7,15,20H,1H3. The Morgan fingerprint density at radius 2 is 1.95 bits per heavy atom. The molecule has 1 unspecified atom stereocenters. The molecule has 2 aromatic carbocycles. The predicted molar refractivity (Wildman–Crippen MR) is 79.1 cm³/mol. The molecule has 0 aliphatic carbocycles. The van der Waals surface area contributed by atoms with E-state index < -0.39 is 17.7 Å². The summed E-state index contributed by atoms with van der Waals surface area (Å²) in [6.07, 6.45) is -1.18. The molecule has 0 spiro atoms. The second-order valence-corrected chi connectivity index (χ2v) is 5.60. The van der Waals surface area contributed by atoms with E-state index in [9.17, 15) is 13.9 Å². The van der Waals surface area contributed by atoms with Crippen molar-refractivity contribution in [3.63, 3.8) is 0 Å². The molecule has 1 N–H and O–H groups in total. The van der Waals surface area contributed by atoms with Crippen molar-refractivity contribution < 1.29 is 18.3 Å². The van der Waals surface area contributed by atoms with Gasteiger partial charge in [0.05, 0.1) is 4.47 Å². The van der Waals surface area contributed by atoms with Gasteiger partial charge in [0.2, 0.25) is 0 Å². The van der Waals surface area contributed by atoms with Crippen LogP contribution < -0.4 is 0 Å². The molecule has 1 aromatic heterocycles. The van der Waals surface area contributed by atoms with Gasteiger partial charge in [-0.25, -0.2) is 8.78 Å². The van der Waals surface area contributed by atoms with Gasteiger partial charge in [-0.1, -0.05) is 24.3 Å². The number of hydrogen-bond acceptors (Lipinski definition) is 2. The third kappa shape index (κ3) is 2.36. The van der Waals surface area contributed by atoms with Gasteiger partial charge in [-0.2, -0.15) is 0 Å². The average molecular weight is 353 g/mol. The van der Waals surface area contributed by atoms with Crippen LogP contribution in [-0.2, 0) is 0 Å². The van der Waals surface area contributed by atoms with Gasteiger partial charge in [0, 0.05) is 10.9 Å². The van der Waals surface area contributed by atoms with E-state index in [2.05, 4.69) is 15.9 Å². The SMILES string of the molecule is Cc1cccc2cc(C(O)c3ccc(F)c(F)c3Br)oc12. The first-order valence-corrected chi connectivity index (χ1v) is 7.09. The smallest absolute Gasteiger partial charge is 0.173 e. The fraction of sp³-hybridized carbons (Fsp3) is 0.125. The second-order valence-electron chi connectivity index (χ2n) is 4.81. The molecule has 0 saturated heterocycles. The van der Waals surface area contributed by atoms with E-state index in [0.29, 0.717) is 5.58 Å². The summed E-state index contributed by atoms with van der Waals surface area (Å²) in [5.74, 6) is -1.72. The highest BCUT2D eigenvalue weighted by Crippen LogP contribution is 2.34. The molecule has 108 valence electrons. The summed E-state index contributed by atoms with van der Waals surface area (Å²) in [7, 11) is 0. The molecule has 3 aromatic rings. The third-order valence-corrected chi connectivity index (χ3v) is 4.20. The fourth-order valence-electron chi connectivity index (χ4n) is 2.27. The topological polar surface area (TPSA) is 33.4 Å². The molecule has 0 aliphatic heterocycles. The molecule has 3 rings (SSSR count). The van der Waals surface area contributed by atoms with Crippen LogP contribution in [0.2, 0.25) is 0 Å². The van der Waals surface area contributed by atoms with Crippen LogP contribution in [-0.4, -0.2) is 5.11 Å². The largest absolute Gasteiger partial charge is 0.458 e. The van der Waals surface area contributed by atoms with E-state index in [4.69, 9.17) is 4.42 Å². The number of aliphatic hydroxyl groups is 1. The number of halogens is 3. The summed E-state index contributed by atoms with van der Waals surface area (Å²) >= 11 is 2.97. The lowest BCUT2D eigenvalue weighted by molar-refractivity contribution is 0.190. The van der Waals surface area contributed by atoms with Crippen LogP contribution in [0.3, 0.4) is 0 Å². The van der Waals surface area contributed by atoms with Crippen molar-refractivity contribution >= 4 is 26.9 Å². The molecule has 1 heterocycles. The highest BCUT2D eigenvalue weighted by atomic mass is 79.9. The Balaban J connectivity index is 2.10. The van der Waals surface area contributed by atoms with Crippen LogP contribution in [0.25, 0.3) is 11.0 Å². The number of aliphatic hydroxyl groups excluding tert-OH is 1. The minimum Gasteiger partial charge on any atom is -0.458 e. The Labute approximate surface area is 128 Å². The Hall–Kier alpha value is -1.72. The van der Waals surface area contributed by atoms with Crippen molar-refractivity contribution in [2.24, 2.45) is 0 Å². The van der Waals surface area contributed by atoms with Crippen LogP contribution in [0.4, 0.5) is 8.78 Å². The molecule has 0 amide bonds. The zero-order chi connectivity index (χ0) is 15.1. The van der Waals surface area contributed by atoms with Crippen LogP contribution >= 0.6 is 15.9 Å². The van der Waals surface area contributed by atoms with Crippen molar-refractivity contribution in [3.05, 3.63) is 69.4 Å². The maximum atomic E-state index is 13.6. The summed E-state index contributed by atoms with van der Waals surface area (Å²) in [5, 5.41) is 11.2. The zero-order valence-corrected chi connectivity index (χ0v) is 12.6. The van der Waals surface area contributed by atoms with Gasteiger partial charge in [0.15, 0.2) is 11.6 Å². The predicted octanol–water partition coefficient (Wildman–Crippen LogP) is 4.86. The maximum absolute atomic E-state index is 13.6. The molecule has 0 radical (unpaired) electrons. The Morgan fingerprint density at radius 1 is 1.19 bits per heavy atom. The lowest BCUT2D eigenvalue weighted by atomic mass is 10.1. The first-order valence-electron chi connectivity index (χ1n) is 6.29. The lowest BCUT2D eigenvalue weighted by Gasteiger charge is -2.11. The quantitative estimate of drug-likeness (QED) is 0.668. The Bertz CT molecular complexity index is 827. The van der Waals surface area contributed by atoms with E-state index in [0.717, 1.165) is 17.0 Å². The summed E-state index contributed by atoms with van der Waals surface area (Å²) in [6.45, 7) is 1.90. The van der Waals surface area contributed by atoms with E-state index in [1.54, 1.807) is 6.07 Å². The number of rotatable bonds is 2. The number of furan rings is 1. The van der Waals surface area contributed by atoms with Gasteiger partial charge < -0.3 is 9.52 Å². The van der Waals surface area contributed by atoms with E-state index in [1.807, 2.05) is 25.1 Å². The number of fused-ring (bicyclic) bond motifs is 1. The number of benzene rings is 2. The van der Waals surface area contributed by atoms with Crippen LogP contribution in [0.5, 0.6) is 0 Å². The molecular weight excluding hydrogens is 342 g/mol. The summed E-state index contributed by atoms with van der Waals surface area (Å²) < 4.78 is 32.3. The van der Waals surface area contributed by atoms with Crippen LogP contribution in [0.15, 0.2) is 45.3 Å². The van der Waals surface area contributed by atoms with Gasteiger partial charge in [0.1, 0.15) is 17.4 Å². The number of hydrogen-bond donors (Lipinski definition) is 1. The highest BCUT2D eigenvalue weighted by molar-refractivity contribution is 9.10. The molecule has 0 aliphatic rings. The second kappa shape index (κ2) is 5.24. The lowest BCUT2D eigenvalue weighted by Crippen LogP contribution is -2.02. The molecule has 1 atom stereocenters. The van der Waals surface area contributed by atoms with Crippen molar-refractivity contribution in [2.45, 2.75) is 13.0 Å². The molecule has 5 heteroatoms. The van der Waals surface area contributed by atoms with Gasteiger partial charge in [-0.05, 0) is 40.5 Å². The minimum absolute atomic E-state index is 0.104. The minimum atomic E-state index is -1.18. The molecular formula is C16H11BrF2O2. The maximum Gasteiger partial charge on any atom is 0.173 e. The Morgan fingerprint density at radius 3 is 2.67 bits per heavy atom. The third-order valence-electron chi connectivity index (χ3n) is 3.39. The molecule has 21 heavy (non-hydrogen) atoms. The molecule has 0 bridgehead atoms. The summed E-state index contributed by atoms with van der Waals surface area (Å²) in [6, 6.07) is 9.65. The first kappa shape index (κ1) is 14.2. The van der Waals surface area contributed by atoms with Crippen molar-refractivity contribution in [2.75, 3.05) is 0 Å². The monoisotopic (exact) mass is 352 g/mol. The van der Waals surface area contributed by atoms with E-state index in [-0.39, 0.29) is 15.8 Å². The van der Waals surface area contributed by atoms with E-state index >= 15 is 0 Å². The van der Waals surface area contributed by atoms with Gasteiger partial charge in [-0.15, -0.1) is 0 Å². The summed E-state index contributed by atoms with van der Waals surface area (Å²) in [5.41, 5.74) is 1.83. The zero-order valence-electron chi connectivity index (χ0n) is 11.0. The normalized spacial score (nSPS) is 12.8. The molecule has 0 saturated carbocycles. The van der Waals surface area contributed by atoms with Crippen molar-refractivity contribution in [1.82, 2.24) is 0 Å². The van der Waals surface area contributed by atoms with E-state index in [1.165, 1.54) is 6.07 Å². The van der Waals surface area contributed by atoms with Crippen molar-refractivity contribution in [1.29, 1.82) is 0 Å². The van der Waals surface area contributed by atoms with Gasteiger partial charge >= 0.3 is 0 Å². The Kier molecular flexibility index (Phi) is 3.55. The van der Waals surface area contributed by atoms with Crippen LogP contribution in [0.1, 0.15) is 23.0 Å². The number of aryl methyl sites for hydroxylation is 1. The summed E-state index contributed by atoms with van der Waals surface area (Å²) in [4.78, 5) is 0. The number of para-hydroxylation sites is 1. The van der Waals surface area contributed by atoms with Gasteiger partial charge in [-0.3, -0.25) is 0 Å². The molecule has 2 nitrogen and oxygen atoms in total.